The van der Waals surface area contributed by atoms with E-state index in [1.807, 2.05) is 0 Å². The molecular weight excluding hydrogens is 236 g/mol. The predicted octanol–water partition coefficient (Wildman–Crippen LogP) is 1.84. The summed E-state index contributed by atoms with van der Waals surface area (Å²) in [5, 5.41) is 0. The van der Waals surface area contributed by atoms with Gasteiger partial charge >= 0.3 is 0 Å². The maximum absolute atomic E-state index is 6.18. The van der Waals surface area contributed by atoms with Crippen LogP contribution in [0.5, 0.6) is 0 Å². The molecule has 2 rings (SSSR count). The molecule has 0 aromatic heterocycles. The highest BCUT2D eigenvalue weighted by Gasteiger charge is 2.42. The topological polar surface area (TPSA) is 38.5 Å². The van der Waals surface area contributed by atoms with Crippen molar-refractivity contribution < 1.29 is 4.74 Å². The summed E-state index contributed by atoms with van der Waals surface area (Å²) in [5.74, 6) is 0. The van der Waals surface area contributed by atoms with Crippen LogP contribution in [-0.4, -0.2) is 43.3 Å². The van der Waals surface area contributed by atoms with Crippen LogP contribution in [0.4, 0.5) is 0 Å². The van der Waals surface area contributed by atoms with E-state index in [1.54, 1.807) is 7.11 Å². The molecule has 0 amide bonds. The van der Waals surface area contributed by atoms with E-state index in [4.69, 9.17) is 10.5 Å². The number of nitrogens with zero attached hydrogens (tertiary/aromatic N) is 1. The van der Waals surface area contributed by atoms with Crippen molar-refractivity contribution >= 4 is 0 Å². The molecule has 1 aromatic carbocycles. The van der Waals surface area contributed by atoms with Gasteiger partial charge in [0.1, 0.15) is 0 Å². The molecule has 2 N–H and O–H groups in total. The summed E-state index contributed by atoms with van der Waals surface area (Å²) in [6, 6.07) is 9.12. The third-order valence-corrected chi connectivity index (χ3v) is 4.43. The second-order valence-corrected chi connectivity index (χ2v) is 5.64. The third-order valence-electron chi connectivity index (χ3n) is 4.43. The highest BCUT2D eigenvalue weighted by atomic mass is 16.5. The lowest BCUT2D eigenvalue weighted by Crippen LogP contribution is -2.58. The van der Waals surface area contributed by atoms with Crippen LogP contribution in [-0.2, 0) is 17.6 Å². The van der Waals surface area contributed by atoms with E-state index in [-0.39, 0.29) is 5.54 Å². The number of rotatable bonds is 6. The molecule has 0 spiro atoms. The SMILES string of the molecule is CCN(C(C)COC)C1(CN)Cc2ccccc2C1. The molecule has 19 heavy (non-hydrogen) atoms. The van der Waals surface area contributed by atoms with Gasteiger partial charge in [0.15, 0.2) is 0 Å². The monoisotopic (exact) mass is 262 g/mol. The van der Waals surface area contributed by atoms with Gasteiger partial charge in [-0.1, -0.05) is 31.2 Å². The molecule has 1 unspecified atom stereocenters. The molecule has 0 fully saturated rings. The summed E-state index contributed by atoms with van der Waals surface area (Å²) < 4.78 is 5.33. The van der Waals surface area contributed by atoms with Crippen molar-refractivity contribution in [2.24, 2.45) is 5.73 Å². The Bertz CT molecular complexity index is 394. The van der Waals surface area contributed by atoms with Crippen molar-refractivity contribution in [3.05, 3.63) is 35.4 Å². The fourth-order valence-electron chi connectivity index (χ4n) is 3.58. The Morgan fingerprint density at radius 2 is 1.89 bits per heavy atom. The van der Waals surface area contributed by atoms with Crippen LogP contribution in [0.3, 0.4) is 0 Å². The number of likely N-dealkylation sites (N-methyl/N-ethyl adjacent to an activating group) is 1. The fourth-order valence-corrected chi connectivity index (χ4v) is 3.58. The van der Waals surface area contributed by atoms with Crippen molar-refractivity contribution in [2.75, 3.05) is 26.8 Å². The lowest BCUT2D eigenvalue weighted by molar-refractivity contribution is 0.0250. The average molecular weight is 262 g/mol. The minimum Gasteiger partial charge on any atom is -0.383 e. The van der Waals surface area contributed by atoms with Crippen LogP contribution in [0.1, 0.15) is 25.0 Å². The number of fused-ring (bicyclic) bond motifs is 1. The molecule has 106 valence electrons. The molecule has 3 heteroatoms. The highest BCUT2D eigenvalue weighted by molar-refractivity contribution is 5.36. The quantitative estimate of drug-likeness (QED) is 0.850. The average Bonchev–Trinajstić information content (AvgIpc) is 2.79. The number of ether oxygens (including phenoxy) is 1. The maximum Gasteiger partial charge on any atom is 0.0615 e. The Labute approximate surface area is 116 Å². The van der Waals surface area contributed by atoms with Gasteiger partial charge in [0, 0.05) is 25.2 Å². The second-order valence-electron chi connectivity index (χ2n) is 5.64. The van der Waals surface area contributed by atoms with Gasteiger partial charge in [-0.05, 0) is 37.4 Å². The van der Waals surface area contributed by atoms with Crippen molar-refractivity contribution in [3.63, 3.8) is 0 Å². The third kappa shape index (κ3) is 2.69. The minimum atomic E-state index is 0.0659. The zero-order valence-corrected chi connectivity index (χ0v) is 12.4. The predicted molar refractivity (Wildman–Crippen MR) is 79.4 cm³/mol. The van der Waals surface area contributed by atoms with Gasteiger partial charge in [-0.25, -0.2) is 0 Å². The van der Waals surface area contributed by atoms with E-state index in [2.05, 4.69) is 43.0 Å². The van der Waals surface area contributed by atoms with Crippen molar-refractivity contribution in [2.45, 2.75) is 38.3 Å². The Morgan fingerprint density at radius 3 is 2.32 bits per heavy atom. The lowest BCUT2D eigenvalue weighted by Gasteiger charge is -2.43. The molecule has 1 aliphatic rings. The minimum absolute atomic E-state index is 0.0659. The van der Waals surface area contributed by atoms with Gasteiger partial charge in [0.25, 0.3) is 0 Å². The Morgan fingerprint density at radius 1 is 1.32 bits per heavy atom. The first kappa shape index (κ1) is 14.5. The van der Waals surface area contributed by atoms with E-state index in [1.165, 1.54) is 11.1 Å². The molecule has 1 aromatic rings. The zero-order chi connectivity index (χ0) is 13.9. The molecule has 0 bridgehead atoms. The summed E-state index contributed by atoms with van der Waals surface area (Å²) in [5.41, 5.74) is 9.15. The van der Waals surface area contributed by atoms with Crippen LogP contribution >= 0.6 is 0 Å². The fraction of sp³-hybridized carbons (Fsp3) is 0.625. The van der Waals surface area contributed by atoms with Crippen LogP contribution in [0, 0.1) is 0 Å². The van der Waals surface area contributed by atoms with Crippen molar-refractivity contribution in [1.29, 1.82) is 0 Å². The first-order chi connectivity index (χ1) is 9.16. The second kappa shape index (κ2) is 6.04. The molecular formula is C16H26N2O. The Hall–Kier alpha value is -0.900. The maximum atomic E-state index is 6.18. The molecule has 0 saturated heterocycles. The summed E-state index contributed by atoms with van der Waals surface area (Å²) in [6.45, 7) is 6.91. The number of methoxy groups -OCH3 is 1. The number of benzene rings is 1. The van der Waals surface area contributed by atoms with Crippen LogP contribution in [0.25, 0.3) is 0 Å². The smallest absolute Gasteiger partial charge is 0.0615 e. The Kier molecular flexibility index (Phi) is 4.61. The number of nitrogens with two attached hydrogens (primary N) is 1. The number of hydrogen-bond donors (Lipinski definition) is 1. The Balaban J connectivity index is 2.25. The van der Waals surface area contributed by atoms with Gasteiger partial charge < -0.3 is 10.5 Å². The standard InChI is InChI=1S/C16H26N2O/c1-4-18(13(2)11-19-3)16(12-17)9-14-7-5-6-8-15(14)10-16/h5-8,13H,4,9-12,17H2,1-3H3. The van der Waals surface area contributed by atoms with E-state index in [0.717, 1.165) is 26.0 Å². The molecule has 0 radical (unpaired) electrons. The molecule has 0 heterocycles. The van der Waals surface area contributed by atoms with Gasteiger partial charge in [0.05, 0.1) is 6.61 Å². The largest absolute Gasteiger partial charge is 0.383 e. The van der Waals surface area contributed by atoms with Gasteiger partial charge in [0.2, 0.25) is 0 Å². The van der Waals surface area contributed by atoms with Gasteiger partial charge in [-0.3, -0.25) is 4.90 Å². The highest BCUT2D eigenvalue weighted by Crippen LogP contribution is 2.35. The molecule has 3 nitrogen and oxygen atoms in total. The molecule has 1 aliphatic carbocycles. The van der Waals surface area contributed by atoms with Crippen LogP contribution in [0.2, 0.25) is 0 Å². The number of hydrogen-bond acceptors (Lipinski definition) is 3. The summed E-state index contributed by atoms with van der Waals surface area (Å²) in [4.78, 5) is 2.52. The lowest BCUT2D eigenvalue weighted by atomic mass is 9.91. The van der Waals surface area contributed by atoms with E-state index in [0.29, 0.717) is 12.6 Å². The molecule has 1 atom stereocenters. The normalized spacial score (nSPS) is 18.6. The summed E-state index contributed by atoms with van der Waals surface area (Å²) in [6.07, 6.45) is 2.11. The first-order valence-electron chi connectivity index (χ1n) is 7.19. The van der Waals surface area contributed by atoms with Crippen molar-refractivity contribution in [3.8, 4) is 0 Å². The summed E-state index contributed by atoms with van der Waals surface area (Å²) >= 11 is 0. The van der Waals surface area contributed by atoms with Gasteiger partial charge in [-0.15, -0.1) is 0 Å². The first-order valence-corrected chi connectivity index (χ1v) is 7.19. The zero-order valence-electron chi connectivity index (χ0n) is 12.4. The van der Waals surface area contributed by atoms with Crippen LogP contribution in [0.15, 0.2) is 24.3 Å². The van der Waals surface area contributed by atoms with Gasteiger partial charge in [-0.2, -0.15) is 0 Å². The van der Waals surface area contributed by atoms with E-state index in [9.17, 15) is 0 Å². The van der Waals surface area contributed by atoms with E-state index < -0.39 is 0 Å². The summed E-state index contributed by atoms with van der Waals surface area (Å²) in [7, 11) is 1.77. The molecule has 0 saturated carbocycles. The van der Waals surface area contributed by atoms with Crippen LogP contribution < -0.4 is 5.73 Å². The molecule has 0 aliphatic heterocycles. The van der Waals surface area contributed by atoms with E-state index >= 15 is 0 Å². The van der Waals surface area contributed by atoms with Crippen molar-refractivity contribution in [1.82, 2.24) is 4.90 Å².